The van der Waals surface area contributed by atoms with E-state index in [0.717, 1.165) is 18.6 Å². The molecule has 4 heteroatoms. The maximum atomic E-state index is 8.10. The van der Waals surface area contributed by atoms with Crippen LogP contribution in [0.15, 0.2) is 30.3 Å². The van der Waals surface area contributed by atoms with Gasteiger partial charge < -0.3 is 4.74 Å². The molecule has 0 aromatic heterocycles. The number of para-hydroxylation sites is 1. The number of rotatable bonds is 7. The molecule has 0 fully saturated rings. The molecule has 0 amide bonds. The minimum absolute atomic E-state index is 0.481. The number of nitrogens with one attached hydrogen (secondary N) is 1. The predicted molar refractivity (Wildman–Crippen MR) is 52.0 cm³/mol. The molecule has 4 nitrogen and oxygen atoms in total. The van der Waals surface area contributed by atoms with Gasteiger partial charge in [-0.05, 0) is 25.0 Å². The molecule has 0 saturated carbocycles. The smallest absolute Gasteiger partial charge is 0.119 e. The molecule has 0 aliphatic heterocycles. The molecule has 0 bridgehead atoms. The molecule has 1 aromatic rings. The Bertz CT molecular complexity index is 228. The van der Waals surface area contributed by atoms with Crippen molar-refractivity contribution in [2.24, 2.45) is 0 Å². The highest BCUT2D eigenvalue weighted by atomic mass is 16.8. The summed E-state index contributed by atoms with van der Waals surface area (Å²) in [6, 6.07) is 9.67. The first-order valence-corrected chi connectivity index (χ1v) is 4.62. The summed E-state index contributed by atoms with van der Waals surface area (Å²) in [4.78, 5) is 4.54. The zero-order chi connectivity index (χ0) is 10.1. The van der Waals surface area contributed by atoms with Gasteiger partial charge in [-0.15, -0.1) is 0 Å². The lowest BCUT2D eigenvalue weighted by atomic mass is 10.3. The van der Waals surface area contributed by atoms with Crippen LogP contribution in [0.3, 0.4) is 0 Å². The molecule has 0 atom stereocenters. The highest BCUT2D eigenvalue weighted by Crippen LogP contribution is 2.08. The quantitative estimate of drug-likeness (QED) is 0.516. The molecule has 0 unspecified atom stereocenters. The minimum Gasteiger partial charge on any atom is -0.494 e. The van der Waals surface area contributed by atoms with E-state index in [1.165, 1.54) is 0 Å². The van der Waals surface area contributed by atoms with Crippen molar-refractivity contribution in [1.82, 2.24) is 5.64 Å². The summed E-state index contributed by atoms with van der Waals surface area (Å²) in [6.07, 6.45) is 1.75. The average Bonchev–Trinajstić information content (AvgIpc) is 2.25. The van der Waals surface area contributed by atoms with Gasteiger partial charge in [0.25, 0.3) is 0 Å². The van der Waals surface area contributed by atoms with Crippen LogP contribution < -0.4 is 10.4 Å². The summed E-state index contributed by atoms with van der Waals surface area (Å²) < 4.78 is 5.45. The molecule has 1 rings (SSSR count). The summed E-state index contributed by atoms with van der Waals surface area (Å²) >= 11 is 0. The van der Waals surface area contributed by atoms with Crippen LogP contribution in [0, 0.1) is 0 Å². The van der Waals surface area contributed by atoms with E-state index in [0.29, 0.717) is 13.2 Å². The summed E-state index contributed by atoms with van der Waals surface area (Å²) in [7, 11) is 0. The van der Waals surface area contributed by atoms with Gasteiger partial charge in [0.05, 0.1) is 13.2 Å². The van der Waals surface area contributed by atoms with Crippen LogP contribution in [0.5, 0.6) is 5.75 Å². The molecule has 78 valence electrons. The molecule has 0 radical (unpaired) electrons. The molecule has 1 aromatic carbocycles. The van der Waals surface area contributed by atoms with Crippen LogP contribution in [0.25, 0.3) is 0 Å². The van der Waals surface area contributed by atoms with Crippen LogP contribution >= 0.6 is 0 Å². The largest absolute Gasteiger partial charge is 0.494 e. The van der Waals surface area contributed by atoms with Gasteiger partial charge in [0.2, 0.25) is 0 Å². The minimum atomic E-state index is 0.481. The third-order valence-corrected chi connectivity index (χ3v) is 1.72. The molecule has 2 N–H and O–H groups in total. The van der Waals surface area contributed by atoms with Crippen molar-refractivity contribution in [3.8, 4) is 5.75 Å². The summed E-state index contributed by atoms with van der Waals surface area (Å²) in [5.41, 5.74) is 1.64. The van der Waals surface area contributed by atoms with Crippen molar-refractivity contribution in [2.75, 3.05) is 13.2 Å². The van der Waals surface area contributed by atoms with Gasteiger partial charge in [-0.3, -0.25) is 10.0 Å². The Labute approximate surface area is 83.4 Å². The first-order chi connectivity index (χ1) is 6.93. The van der Waals surface area contributed by atoms with E-state index < -0.39 is 0 Å². The highest BCUT2D eigenvalue weighted by Gasteiger charge is 1.92. The first-order valence-electron chi connectivity index (χ1n) is 4.62. The summed E-state index contributed by atoms with van der Waals surface area (Å²) in [5.74, 6) is 0.883. The number of unbranched alkanes of at least 4 members (excludes halogenated alkanes) is 1. The first kappa shape index (κ1) is 11.0. The van der Waals surface area contributed by atoms with Crippen LogP contribution in [-0.2, 0) is 4.84 Å². The zero-order valence-corrected chi connectivity index (χ0v) is 7.98. The van der Waals surface area contributed by atoms with Crippen molar-refractivity contribution >= 4 is 0 Å². The van der Waals surface area contributed by atoms with Gasteiger partial charge in [-0.2, -0.15) is 0 Å². The monoisotopic (exact) mass is 197 g/mol. The lowest BCUT2D eigenvalue weighted by Gasteiger charge is -2.05. The Balaban J connectivity index is 1.99. The number of hydrogen-bond donors (Lipinski definition) is 2. The van der Waals surface area contributed by atoms with E-state index in [1.807, 2.05) is 30.3 Å². The Morgan fingerprint density at radius 1 is 1.07 bits per heavy atom. The maximum absolute atomic E-state index is 8.10. The van der Waals surface area contributed by atoms with Crippen molar-refractivity contribution < 1.29 is 14.8 Å². The van der Waals surface area contributed by atoms with Crippen molar-refractivity contribution in [3.05, 3.63) is 30.3 Å². The number of hydrogen-bond acceptors (Lipinski definition) is 4. The van der Waals surface area contributed by atoms with E-state index in [-0.39, 0.29) is 0 Å². The molecule has 0 spiro atoms. The van der Waals surface area contributed by atoms with Crippen LogP contribution in [-0.4, -0.2) is 18.4 Å². The third-order valence-electron chi connectivity index (χ3n) is 1.72. The molecule has 0 saturated heterocycles. The summed E-state index contributed by atoms with van der Waals surface area (Å²) in [6.45, 7) is 1.15. The van der Waals surface area contributed by atoms with E-state index in [9.17, 15) is 0 Å². The molecular formula is C10H15NO3. The molecule has 0 aliphatic rings. The molecule has 0 heterocycles. The Hall–Kier alpha value is -1.10. The Morgan fingerprint density at radius 2 is 1.79 bits per heavy atom. The van der Waals surface area contributed by atoms with E-state index in [1.54, 1.807) is 5.64 Å². The average molecular weight is 197 g/mol. The van der Waals surface area contributed by atoms with Gasteiger partial charge in [0, 0.05) is 0 Å². The molecule has 0 aliphatic carbocycles. The lowest BCUT2D eigenvalue weighted by Crippen LogP contribution is -2.10. The van der Waals surface area contributed by atoms with Gasteiger partial charge in [-0.1, -0.05) is 23.8 Å². The van der Waals surface area contributed by atoms with Gasteiger partial charge >= 0.3 is 0 Å². The fourth-order valence-electron chi connectivity index (χ4n) is 1.03. The Morgan fingerprint density at radius 3 is 2.50 bits per heavy atom. The van der Waals surface area contributed by atoms with Crippen molar-refractivity contribution in [1.29, 1.82) is 0 Å². The molecule has 14 heavy (non-hydrogen) atoms. The third kappa shape index (κ3) is 4.81. The predicted octanol–water partition coefficient (Wildman–Crippen LogP) is 1.76. The number of ether oxygens (including phenoxy) is 1. The fraction of sp³-hybridized carbons (Fsp3) is 0.400. The fourth-order valence-corrected chi connectivity index (χ4v) is 1.03. The number of benzene rings is 1. The normalized spacial score (nSPS) is 10.1. The Kier molecular flexibility index (Phi) is 5.74. The summed E-state index contributed by atoms with van der Waals surface area (Å²) in [5, 5.41) is 8.10. The van der Waals surface area contributed by atoms with Crippen molar-refractivity contribution in [2.45, 2.75) is 12.8 Å². The van der Waals surface area contributed by atoms with Crippen LogP contribution in [0.2, 0.25) is 0 Å². The van der Waals surface area contributed by atoms with Gasteiger partial charge in [0.1, 0.15) is 5.75 Å². The van der Waals surface area contributed by atoms with Crippen LogP contribution in [0.4, 0.5) is 0 Å². The SMILES string of the molecule is ONOCCCCOc1ccccc1. The molecular weight excluding hydrogens is 182 g/mol. The van der Waals surface area contributed by atoms with Gasteiger partial charge in [-0.25, -0.2) is 0 Å². The van der Waals surface area contributed by atoms with Crippen LogP contribution in [0.1, 0.15) is 12.8 Å². The topological polar surface area (TPSA) is 50.7 Å². The van der Waals surface area contributed by atoms with E-state index in [2.05, 4.69) is 4.84 Å². The van der Waals surface area contributed by atoms with Crippen molar-refractivity contribution in [3.63, 3.8) is 0 Å². The van der Waals surface area contributed by atoms with E-state index >= 15 is 0 Å². The highest BCUT2D eigenvalue weighted by molar-refractivity contribution is 5.20. The lowest BCUT2D eigenvalue weighted by molar-refractivity contribution is -0.127. The second-order valence-corrected chi connectivity index (χ2v) is 2.81. The standard InChI is InChI=1S/C10H15NO3/c12-11-14-9-5-4-8-13-10-6-2-1-3-7-10/h1-3,6-7,11-12H,4-5,8-9H2. The van der Waals surface area contributed by atoms with Gasteiger partial charge in [0.15, 0.2) is 0 Å². The second kappa shape index (κ2) is 7.32. The second-order valence-electron chi connectivity index (χ2n) is 2.81. The zero-order valence-electron chi connectivity index (χ0n) is 7.98. The van der Waals surface area contributed by atoms with E-state index in [4.69, 9.17) is 9.94 Å². The maximum Gasteiger partial charge on any atom is 0.119 e.